The lowest BCUT2D eigenvalue weighted by Gasteiger charge is -2.11. The highest BCUT2D eigenvalue weighted by molar-refractivity contribution is 5.80. The Morgan fingerprint density at radius 2 is 1.26 bits per heavy atom. The fourth-order valence-electron chi connectivity index (χ4n) is 3.07. The van der Waals surface area contributed by atoms with E-state index >= 15 is 0 Å². The highest BCUT2D eigenvalue weighted by Crippen LogP contribution is 2.09. The fourth-order valence-corrected chi connectivity index (χ4v) is 3.07. The summed E-state index contributed by atoms with van der Waals surface area (Å²) in [5.41, 5.74) is 0. The van der Waals surface area contributed by atoms with E-state index in [4.69, 9.17) is 10.2 Å². The predicted molar refractivity (Wildman–Crippen MR) is 111 cm³/mol. The van der Waals surface area contributed by atoms with Crippen molar-refractivity contribution in [2.45, 2.75) is 109 Å². The summed E-state index contributed by atoms with van der Waals surface area (Å²) in [4.78, 5) is 21.5. The second-order valence-electron chi connectivity index (χ2n) is 7.38. The number of carbonyl (C=O) groups is 2. The summed E-state index contributed by atoms with van der Waals surface area (Å²) in [6, 6.07) is -0.981. The Morgan fingerprint density at radius 1 is 0.778 bits per heavy atom. The first-order valence-electron chi connectivity index (χ1n) is 10.9. The number of hydrogen-bond donors (Lipinski definition) is 3. The van der Waals surface area contributed by atoms with Gasteiger partial charge in [0.05, 0.1) is 6.42 Å². The summed E-state index contributed by atoms with van der Waals surface area (Å²) in [5.74, 6) is -2.18. The molecule has 0 saturated carbocycles. The van der Waals surface area contributed by atoms with Crippen molar-refractivity contribution in [2.24, 2.45) is 0 Å². The van der Waals surface area contributed by atoms with E-state index in [1.54, 1.807) is 0 Å². The molecule has 0 bridgehead atoms. The predicted octanol–water partition coefficient (Wildman–Crippen LogP) is 5.54. The fraction of sp³-hybridized carbons (Fsp3) is 0.818. The minimum absolute atomic E-state index is 0.373. The van der Waals surface area contributed by atoms with Crippen LogP contribution in [-0.2, 0) is 9.59 Å². The number of aliphatic carboxylic acids is 2. The third-order valence-corrected chi connectivity index (χ3v) is 4.76. The minimum Gasteiger partial charge on any atom is -0.481 e. The van der Waals surface area contributed by atoms with Gasteiger partial charge >= 0.3 is 11.9 Å². The number of carboxylic acids is 2. The smallest absolute Gasteiger partial charge is 0.321 e. The standard InChI is InChI=1S/C22H41NO4/c1-2-3-4-5-6-7-8-9-10-11-12-13-14-15-16-17-18-23-20(22(26)27)19-21(24)25/h9-10,20,23H,2-8,11-19H2,1H3,(H,24,25)(H,26,27)/b10-9-/t20-/m0/s1. The van der Waals surface area contributed by atoms with Gasteiger partial charge in [0.25, 0.3) is 0 Å². The van der Waals surface area contributed by atoms with Crippen LogP contribution in [0.5, 0.6) is 0 Å². The topological polar surface area (TPSA) is 86.6 Å². The number of nitrogens with one attached hydrogen (secondary N) is 1. The molecule has 0 rings (SSSR count). The lowest BCUT2D eigenvalue weighted by Crippen LogP contribution is -2.39. The van der Waals surface area contributed by atoms with Crippen molar-refractivity contribution in [1.82, 2.24) is 5.32 Å². The molecule has 0 fully saturated rings. The molecule has 0 aromatic rings. The number of rotatable bonds is 20. The Kier molecular flexibility index (Phi) is 18.4. The van der Waals surface area contributed by atoms with Crippen molar-refractivity contribution >= 4 is 11.9 Å². The Hall–Kier alpha value is -1.36. The van der Waals surface area contributed by atoms with Gasteiger partial charge < -0.3 is 15.5 Å². The van der Waals surface area contributed by atoms with Gasteiger partial charge in [-0.2, -0.15) is 0 Å². The summed E-state index contributed by atoms with van der Waals surface area (Å²) in [7, 11) is 0. The zero-order chi connectivity index (χ0) is 20.2. The number of unbranched alkanes of at least 4 members (excludes halogenated alkanes) is 12. The van der Waals surface area contributed by atoms with E-state index in [1.165, 1.54) is 70.6 Å². The molecule has 158 valence electrons. The molecule has 0 aliphatic heterocycles. The third kappa shape index (κ3) is 19.2. The quantitative estimate of drug-likeness (QED) is 0.190. The number of hydrogen-bond acceptors (Lipinski definition) is 3. The van der Waals surface area contributed by atoms with Crippen LogP contribution >= 0.6 is 0 Å². The van der Waals surface area contributed by atoms with E-state index < -0.39 is 18.0 Å². The second-order valence-corrected chi connectivity index (χ2v) is 7.38. The van der Waals surface area contributed by atoms with Gasteiger partial charge in [0, 0.05) is 0 Å². The normalized spacial score (nSPS) is 12.5. The average molecular weight is 384 g/mol. The Morgan fingerprint density at radius 3 is 1.74 bits per heavy atom. The largest absolute Gasteiger partial charge is 0.481 e. The molecule has 27 heavy (non-hydrogen) atoms. The average Bonchev–Trinajstić information content (AvgIpc) is 2.62. The second kappa shape index (κ2) is 19.4. The van der Waals surface area contributed by atoms with Crippen LogP contribution in [0.15, 0.2) is 12.2 Å². The van der Waals surface area contributed by atoms with E-state index in [-0.39, 0.29) is 6.42 Å². The summed E-state index contributed by atoms with van der Waals surface area (Å²) < 4.78 is 0. The van der Waals surface area contributed by atoms with E-state index in [9.17, 15) is 9.59 Å². The number of allylic oxidation sites excluding steroid dienone is 2. The van der Waals surface area contributed by atoms with Gasteiger partial charge in [-0.05, 0) is 38.6 Å². The van der Waals surface area contributed by atoms with Crippen molar-refractivity contribution in [3.8, 4) is 0 Å². The van der Waals surface area contributed by atoms with Crippen molar-refractivity contribution in [3.63, 3.8) is 0 Å². The van der Waals surface area contributed by atoms with Crippen LogP contribution in [0.25, 0.3) is 0 Å². The molecule has 0 radical (unpaired) electrons. The third-order valence-electron chi connectivity index (χ3n) is 4.76. The first-order valence-corrected chi connectivity index (χ1v) is 10.9. The summed E-state index contributed by atoms with van der Waals surface area (Å²) in [6.45, 7) is 2.81. The molecular formula is C22H41NO4. The van der Waals surface area contributed by atoms with Crippen LogP contribution in [0.1, 0.15) is 103 Å². The van der Waals surface area contributed by atoms with Crippen LogP contribution in [0.4, 0.5) is 0 Å². The zero-order valence-electron chi connectivity index (χ0n) is 17.3. The van der Waals surface area contributed by atoms with Crippen molar-refractivity contribution in [1.29, 1.82) is 0 Å². The van der Waals surface area contributed by atoms with Gasteiger partial charge in [0.1, 0.15) is 6.04 Å². The first-order chi connectivity index (χ1) is 13.1. The van der Waals surface area contributed by atoms with Crippen molar-refractivity contribution in [3.05, 3.63) is 12.2 Å². The summed E-state index contributed by atoms with van der Waals surface area (Å²) in [6.07, 6.45) is 21.6. The van der Waals surface area contributed by atoms with Crippen LogP contribution in [-0.4, -0.2) is 34.7 Å². The molecule has 5 nitrogen and oxygen atoms in total. The summed E-state index contributed by atoms with van der Waals surface area (Å²) in [5, 5.41) is 20.4. The molecule has 0 aliphatic rings. The highest BCUT2D eigenvalue weighted by atomic mass is 16.4. The van der Waals surface area contributed by atoms with E-state index in [0.29, 0.717) is 6.54 Å². The Labute approximate surface area is 165 Å². The maximum Gasteiger partial charge on any atom is 0.321 e. The van der Waals surface area contributed by atoms with Gasteiger partial charge in [-0.1, -0.05) is 76.9 Å². The lowest BCUT2D eigenvalue weighted by molar-refractivity contribution is -0.145. The van der Waals surface area contributed by atoms with E-state index in [0.717, 1.165) is 19.3 Å². The Bertz CT molecular complexity index is 396. The Balaban J connectivity index is 3.34. The van der Waals surface area contributed by atoms with Crippen LogP contribution in [0.3, 0.4) is 0 Å². The van der Waals surface area contributed by atoms with Crippen molar-refractivity contribution in [2.75, 3.05) is 6.54 Å². The van der Waals surface area contributed by atoms with Gasteiger partial charge in [-0.15, -0.1) is 0 Å². The number of carboxylic acid groups (broad SMARTS) is 2. The van der Waals surface area contributed by atoms with Gasteiger partial charge in [0.15, 0.2) is 0 Å². The summed E-state index contributed by atoms with van der Waals surface area (Å²) >= 11 is 0. The molecule has 3 N–H and O–H groups in total. The van der Waals surface area contributed by atoms with E-state index in [1.807, 2.05) is 0 Å². The first kappa shape index (κ1) is 25.6. The maximum atomic E-state index is 10.9. The van der Waals surface area contributed by atoms with E-state index in [2.05, 4.69) is 24.4 Å². The van der Waals surface area contributed by atoms with Crippen LogP contribution in [0.2, 0.25) is 0 Å². The molecule has 0 aromatic heterocycles. The molecule has 0 amide bonds. The molecule has 0 saturated heterocycles. The highest BCUT2D eigenvalue weighted by Gasteiger charge is 2.19. The molecular weight excluding hydrogens is 342 g/mol. The van der Waals surface area contributed by atoms with Crippen LogP contribution in [0, 0.1) is 0 Å². The SMILES string of the molecule is CCCCCCCC/C=C\CCCCCCCCN[C@@H](CC(=O)O)C(=O)O. The molecule has 0 aromatic carbocycles. The molecule has 0 spiro atoms. The lowest BCUT2D eigenvalue weighted by atomic mass is 10.1. The van der Waals surface area contributed by atoms with Gasteiger partial charge in [0.2, 0.25) is 0 Å². The molecule has 0 heterocycles. The molecule has 0 aliphatic carbocycles. The van der Waals surface area contributed by atoms with Crippen molar-refractivity contribution < 1.29 is 19.8 Å². The van der Waals surface area contributed by atoms with Gasteiger partial charge in [-0.3, -0.25) is 9.59 Å². The minimum atomic E-state index is -1.10. The maximum absolute atomic E-state index is 10.9. The molecule has 0 unspecified atom stereocenters. The molecule has 1 atom stereocenters. The zero-order valence-corrected chi connectivity index (χ0v) is 17.3. The van der Waals surface area contributed by atoms with Crippen LogP contribution < -0.4 is 5.32 Å². The van der Waals surface area contributed by atoms with Gasteiger partial charge in [-0.25, -0.2) is 0 Å². The molecule has 5 heteroatoms. The monoisotopic (exact) mass is 383 g/mol.